The van der Waals surface area contributed by atoms with Crippen LogP contribution in [0.25, 0.3) is 11.0 Å². The molecule has 1 atom stereocenters. The minimum Gasteiger partial charge on any atom is -0.374 e. The molecular formula is C23H29N5O5S. The van der Waals surface area contributed by atoms with Crippen LogP contribution in [0.2, 0.25) is 0 Å². The van der Waals surface area contributed by atoms with Gasteiger partial charge in [-0.25, -0.2) is 13.2 Å². The first-order valence-corrected chi connectivity index (χ1v) is 12.6. The van der Waals surface area contributed by atoms with Gasteiger partial charge in [0.1, 0.15) is 0 Å². The molecule has 4 N–H and O–H groups in total. The van der Waals surface area contributed by atoms with Crippen LogP contribution >= 0.6 is 0 Å². The van der Waals surface area contributed by atoms with Gasteiger partial charge >= 0.3 is 5.69 Å². The minimum absolute atomic E-state index is 0.0102. The van der Waals surface area contributed by atoms with Crippen molar-refractivity contribution >= 4 is 32.7 Å². The van der Waals surface area contributed by atoms with Gasteiger partial charge in [-0.05, 0) is 48.4 Å². The third kappa shape index (κ3) is 5.85. The second-order valence-corrected chi connectivity index (χ2v) is 10.5. The van der Waals surface area contributed by atoms with Crippen LogP contribution in [0.4, 0.5) is 5.69 Å². The Morgan fingerprint density at radius 3 is 2.62 bits per heavy atom. The lowest BCUT2D eigenvalue weighted by molar-refractivity contribution is -0.0295. The second-order valence-electron chi connectivity index (χ2n) is 8.83. The molecule has 0 bridgehead atoms. The van der Waals surface area contributed by atoms with E-state index in [1.165, 1.54) is 30.3 Å². The van der Waals surface area contributed by atoms with Crippen molar-refractivity contribution in [2.75, 3.05) is 37.5 Å². The zero-order valence-electron chi connectivity index (χ0n) is 19.1. The third-order valence-corrected chi connectivity index (χ3v) is 6.91. The topological polar surface area (TPSA) is 136 Å². The Morgan fingerprint density at radius 1 is 1.15 bits per heavy atom. The summed E-state index contributed by atoms with van der Waals surface area (Å²) in [5, 5.41) is 2.89. The number of benzene rings is 2. The first-order chi connectivity index (χ1) is 16.2. The number of anilines is 1. The van der Waals surface area contributed by atoms with Gasteiger partial charge in [0, 0.05) is 37.4 Å². The fourth-order valence-corrected chi connectivity index (χ4v) is 5.06. The number of morpholine rings is 1. The normalized spacial score (nSPS) is 17.2. The fraction of sp³-hybridized carbons (Fsp3) is 0.391. The molecule has 2 heterocycles. The predicted octanol–water partition coefficient (Wildman–Crippen LogP) is 1.74. The summed E-state index contributed by atoms with van der Waals surface area (Å²) in [6, 6.07) is 10.5. The quantitative estimate of drug-likeness (QED) is 0.382. The summed E-state index contributed by atoms with van der Waals surface area (Å²) in [6.45, 7) is 8.10. The van der Waals surface area contributed by atoms with E-state index < -0.39 is 15.7 Å². The number of H-pyrrole nitrogens is 2. The molecule has 1 fully saturated rings. The van der Waals surface area contributed by atoms with Crippen LogP contribution in [0.3, 0.4) is 0 Å². The molecule has 0 spiro atoms. The number of rotatable bonds is 8. The highest BCUT2D eigenvalue weighted by atomic mass is 32.2. The van der Waals surface area contributed by atoms with Crippen LogP contribution < -0.4 is 15.7 Å². The van der Waals surface area contributed by atoms with Crippen molar-refractivity contribution in [3.63, 3.8) is 0 Å². The van der Waals surface area contributed by atoms with Gasteiger partial charge in [-0.3, -0.25) is 14.4 Å². The lowest BCUT2D eigenvalue weighted by Crippen LogP contribution is -2.48. The molecule has 3 aromatic rings. The first-order valence-electron chi connectivity index (χ1n) is 11.2. The van der Waals surface area contributed by atoms with E-state index in [2.05, 4.69) is 38.8 Å². The van der Waals surface area contributed by atoms with E-state index in [-0.39, 0.29) is 16.9 Å². The van der Waals surface area contributed by atoms with Crippen LogP contribution in [0.1, 0.15) is 24.2 Å². The maximum atomic E-state index is 12.7. The molecule has 1 saturated heterocycles. The zero-order valence-corrected chi connectivity index (χ0v) is 19.9. The Balaban J connectivity index is 1.34. The molecule has 1 amide bonds. The van der Waals surface area contributed by atoms with Gasteiger partial charge in [-0.15, -0.1) is 0 Å². The maximum Gasteiger partial charge on any atom is 0.323 e. The van der Waals surface area contributed by atoms with E-state index in [4.69, 9.17) is 4.74 Å². The molecular weight excluding hydrogens is 458 g/mol. The summed E-state index contributed by atoms with van der Waals surface area (Å²) in [6.07, 6.45) is -0.0603. The largest absolute Gasteiger partial charge is 0.374 e. The van der Waals surface area contributed by atoms with E-state index in [1.807, 2.05) is 0 Å². The van der Waals surface area contributed by atoms with Crippen molar-refractivity contribution in [1.29, 1.82) is 0 Å². The number of fused-ring (bicyclic) bond motifs is 1. The lowest BCUT2D eigenvalue weighted by Gasteiger charge is -2.33. The number of aromatic nitrogens is 2. The van der Waals surface area contributed by atoms with Crippen LogP contribution in [-0.4, -0.2) is 68.1 Å². The van der Waals surface area contributed by atoms with Crippen molar-refractivity contribution in [3.05, 3.63) is 58.5 Å². The van der Waals surface area contributed by atoms with Crippen LogP contribution in [-0.2, 0) is 14.8 Å². The molecule has 0 aliphatic carbocycles. The third-order valence-electron chi connectivity index (χ3n) is 5.53. The van der Waals surface area contributed by atoms with Crippen molar-refractivity contribution < 1.29 is 17.9 Å². The molecule has 1 aliphatic rings. The first kappa shape index (κ1) is 24.0. The summed E-state index contributed by atoms with van der Waals surface area (Å²) in [5.74, 6) is 0.325. The molecule has 1 aromatic heterocycles. The summed E-state index contributed by atoms with van der Waals surface area (Å²) in [5.41, 5.74) is 1.25. The highest BCUT2D eigenvalue weighted by Gasteiger charge is 2.22. The molecule has 0 radical (unpaired) electrons. The molecule has 1 aliphatic heterocycles. The molecule has 4 rings (SSSR count). The summed E-state index contributed by atoms with van der Waals surface area (Å²) >= 11 is 0. The highest BCUT2D eigenvalue weighted by Crippen LogP contribution is 2.19. The number of carbonyl (C=O) groups is 1. The van der Waals surface area contributed by atoms with Gasteiger partial charge in [0.25, 0.3) is 15.9 Å². The summed E-state index contributed by atoms with van der Waals surface area (Å²) in [7, 11) is -3.88. The molecule has 182 valence electrons. The maximum absolute atomic E-state index is 12.7. The zero-order chi connectivity index (χ0) is 24.3. The molecule has 34 heavy (non-hydrogen) atoms. The Morgan fingerprint density at radius 2 is 1.88 bits per heavy atom. The Kier molecular flexibility index (Phi) is 7.05. The van der Waals surface area contributed by atoms with Gasteiger partial charge in [-0.2, -0.15) is 0 Å². The van der Waals surface area contributed by atoms with E-state index in [9.17, 15) is 18.0 Å². The molecule has 0 unspecified atom stereocenters. The second kappa shape index (κ2) is 10.00. The van der Waals surface area contributed by atoms with Crippen molar-refractivity contribution in [3.8, 4) is 0 Å². The van der Waals surface area contributed by atoms with Crippen molar-refractivity contribution in [2.24, 2.45) is 5.92 Å². The van der Waals surface area contributed by atoms with E-state index in [1.54, 1.807) is 12.1 Å². The van der Waals surface area contributed by atoms with E-state index >= 15 is 0 Å². The standard InChI is InChI=1S/C23H29N5O5S/c1-15(2)13-28-9-10-33-18(14-28)12-24-22(29)16-3-5-17(6-4-16)27-34(31,32)19-7-8-20-21(11-19)26-23(30)25-20/h3-8,11,15,18,27H,9-10,12-14H2,1-2H3,(H,24,29)(H2,25,26,30)/t18-/m1/s1. The molecule has 11 heteroatoms. The van der Waals surface area contributed by atoms with Crippen molar-refractivity contribution in [2.45, 2.75) is 24.8 Å². The monoisotopic (exact) mass is 487 g/mol. The van der Waals surface area contributed by atoms with Gasteiger partial charge in [0.15, 0.2) is 0 Å². The summed E-state index contributed by atoms with van der Waals surface area (Å²) in [4.78, 5) is 31.4. The van der Waals surface area contributed by atoms with Crippen molar-refractivity contribution in [1.82, 2.24) is 20.2 Å². The van der Waals surface area contributed by atoms with E-state index in [0.717, 1.165) is 19.6 Å². The smallest absolute Gasteiger partial charge is 0.323 e. The van der Waals surface area contributed by atoms with Gasteiger partial charge in [0.05, 0.1) is 28.6 Å². The van der Waals surface area contributed by atoms with E-state index in [0.29, 0.717) is 41.4 Å². The average Bonchev–Trinajstić information content (AvgIpc) is 3.17. The number of aromatic amines is 2. The highest BCUT2D eigenvalue weighted by molar-refractivity contribution is 7.92. The number of amides is 1. The Labute approximate surface area is 197 Å². The predicted molar refractivity (Wildman–Crippen MR) is 130 cm³/mol. The van der Waals surface area contributed by atoms with Gasteiger partial charge < -0.3 is 20.0 Å². The van der Waals surface area contributed by atoms with Gasteiger partial charge in [-0.1, -0.05) is 13.8 Å². The lowest BCUT2D eigenvalue weighted by atomic mass is 10.1. The van der Waals surface area contributed by atoms with Crippen LogP contribution in [0.15, 0.2) is 52.2 Å². The number of carbonyl (C=O) groups excluding carboxylic acids is 1. The Bertz CT molecular complexity index is 1310. The molecule has 2 aromatic carbocycles. The number of hydrogen-bond donors (Lipinski definition) is 4. The van der Waals surface area contributed by atoms with Crippen LogP contribution in [0, 0.1) is 5.92 Å². The minimum atomic E-state index is -3.88. The number of hydrogen-bond acceptors (Lipinski definition) is 6. The Hall–Kier alpha value is -3.15. The number of nitrogens with zero attached hydrogens (tertiary/aromatic N) is 1. The average molecular weight is 488 g/mol. The number of sulfonamides is 1. The summed E-state index contributed by atoms with van der Waals surface area (Å²) < 4.78 is 33.7. The van der Waals surface area contributed by atoms with Crippen LogP contribution in [0.5, 0.6) is 0 Å². The molecule has 10 nitrogen and oxygen atoms in total. The SMILES string of the molecule is CC(C)CN1CCO[C@H](CNC(=O)c2ccc(NS(=O)(=O)c3ccc4[nH]c(=O)[nH]c4c3)cc2)C1. The van der Waals surface area contributed by atoms with Gasteiger partial charge in [0.2, 0.25) is 0 Å². The fourth-order valence-electron chi connectivity index (χ4n) is 3.98. The number of nitrogens with one attached hydrogen (secondary N) is 4. The number of imidazole rings is 1. The number of ether oxygens (including phenoxy) is 1. The molecule has 0 saturated carbocycles.